The first-order valence-corrected chi connectivity index (χ1v) is 6.06. The zero-order valence-electron chi connectivity index (χ0n) is 10.3. The van der Waals surface area contributed by atoms with E-state index < -0.39 is 18.2 Å². The highest BCUT2D eigenvalue weighted by atomic mass is 35.5. The van der Waals surface area contributed by atoms with Crippen LogP contribution in [0.5, 0.6) is 5.75 Å². The Morgan fingerprint density at radius 3 is 2.84 bits per heavy atom. The Kier molecular flexibility index (Phi) is 4.11. The maximum atomic E-state index is 11.4. The van der Waals surface area contributed by atoms with E-state index in [-0.39, 0.29) is 13.2 Å². The SMILES string of the molecule is CNC(=O)N1CC(COc2ccc(Cl)cc2)OC1=O. The number of benzene rings is 1. The predicted octanol–water partition coefficient (Wildman–Crippen LogP) is 1.88. The fourth-order valence-electron chi connectivity index (χ4n) is 1.63. The highest BCUT2D eigenvalue weighted by Crippen LogP contribution is 2.17. The first-order chi connectivity index (χ1) is 9.10. The molecule has 19 heavy (non-hydrogen) atoms. The van der Waals surface area contributed by atoms with E-state index in [1.165, 1.54) is 7.05 Å². The summed E-state index contributed by atoms with van der Waals surface area (Å²) >= 11 is 5.75. The van der Waals surface area contributed by atoms with Gasteiger partial charge in [0.2, 0.25) is 0 Å². The average molecular weight is 285 g/mol. The number of nitrogens with zero attached hydrogens (tertiary/aromatic N) is 1. The second-order valence-corrected chi connectivity index (χ2v) is 4.37. The first-order valence-electron chi connectivity index (χ1n) is 5.68. The Bertz CT molecular complexity index is 477. The van der Waals surface area contributed by atoms with Crippen molar-refractivity contribution in [1.82, 2.24) is 10.2 Å². The van der Waals surface area contributed by atoms with Gasteiger partial charge in [-0.2, -0.15) is 0 Å². The fourth-order valence-corrected chi connectivity index (χ4v) is 1.76. The molecule has 1 N–H and O–H groups in total. The number of amides is 3. The molecule has 1 aliphatic rings. The van der Waals surface area contributed by atoms with E-state index in [0.29, 0.717) is 10.8 Å². The van der Waals surface area contributed by atoms with Gasteiger partial charge in [-0.1, -0.05) is 11.6 Å². The van der Waals surface area contributed by atoms with Crippen molar-refractivity contribution in [2.75, 3.05) is 20.2 Å². The maximum Gasteiger partial charge on any atom is 0.418 e. The van der Waals surface area contributed by atoms with Gasteiger partial charge in [0.05, 0.1) is 6.54 Å². The van der Waals surface area contributed by atoms with E-state index in [4.69, 9.17) is 21.1 Å². The molecule has 1 aliphatic heterocycles. The van der Waals surface area contributed by atoms with Gasteiger partial charge in [-0.05, 0) is 24.3 Å². The van der Waals surface area contributed by atoms with Gasteiger partial charge in [0.15, 0.2) is 6.10 Å². The first kappa shape index (κ1) is 13.5. The summed E-state index contributed by atoms with van der Waals surface area (Å²) in [4.78, 5) is 23.7. The molecule has 1 fully saturated rings. The molecule has 3 amide bonds. The molecule has 6 nitrogen and oxygen atoms in total. The van der Waals surface area contributed by atoms with E-state index in [2.05, 4.69) is 5.32 Å². The molecule has 0 aliphatic carbocycles. The van der Waals surface area contributed by atoms with Gasteiger partial charge in [0.1, 0.15) is 12.4 Å². The lowest BCUT2D eigenvalue weighted by atomic mass is 10.3. The quantitative estimate of drug-likeness (QED) is 0.920. The number of hydrogen-bond donors (Lipinski definition) is 1. The molecule has 1 aromatic carbocycles. The molecule has 1 heterocycles. The zero-order chi connectivity index (χ0) is 13.8. The van der Waals surface area contributed by atoms with E-state index in [9.17, 15) is 9.59 Å². The van der Waals surface area contributed by atoms with Crippen LogP contribution < -0.4 is 10.1 Å². The molecule has 2 rings (SSSR count). The zero-order valence-corrected chi connectivity index (χ0v) is 11.0. The minimum Gasteiger partial charge on any atom is -0.490 e. The van der Waals surface area contributed by atoms with E-state index in [0.717, 1.165) is 4.90 Å². The minimum atomic E-state index is -0.663. The lowest BCUT2D eigenvalue weighted by Gasteiger charge is -2.11. The normalized spacial score (nSPS) is 18.1. The second kappa shape index (κ2) is 5.79. The summed E-state index contributed by atoms with van der Waals surface area (Å²) in [7, 11) is 1.45. The molecule has 1 aromatic rings. The molecule has 0 saturated carbocycles. The van der Waals surface area contributed by atoms with Gasteiger partial charge in [-0.25, -0.2) is 14.5 Å². The number of cyclic esters (lactones) is 1. The number of rotatable bonds is 3. The fraction of sp³-hybridized carbons (Fsp3) is 0.333. The molecule has 1 unspecified atom stereocenters. The number of nitrogens with one attached hydrogen (secondary N) is 1. The monoisotopic (exact) mass is 284 g/mol. The van der Waals surface area contributed by atoms with Gasteiger partial charge in [0, 0.05) is 12.1 Å². The third kappa shape index (κ3) is 3.29. The van der Waals surface area contributed by atoms with Crippen molar-refractivity contribution in [2.45, 2.75) is 6.10 Å². The molecule has 1 saturated heterocycles. The number of carbonyl (C=O) groups is 2. The summed E-state index contributed by atoms with van der Waals surface area (Å²) in [6.45, 7) is 0.354. The number of urea groups is 1. The van der Waals surface area contributed by atoms with Gasteiger partial charge in [-0.3, -0.25) is 0 Å². The maximum absolute atomic E-state index is 11.4. The van der Waals surface area contributed by atoms with Crippen LogP contribution in [0.1, 0.15) is 0 Å². The minimum absolute atomic E-state index is 0.173. The molecule has 0 aromatic heterocycles. The van der Waals surface area contributed by atoms with Crippen LogP contribution in [0.2, 0.25) is 5.02 Å². The number of halogens is 1. The van der Waals surface area contributed by atoms with Crippen molar-refractivity contribution in [3.05, 3.63) is 29.3 Å². The topological polar surface area (TPSA) is 67.9 Å². The van der Waals surface area contributed by atoms with Crippen molar-refractivity contribution >= 4 is 23.7 Å². The number of ether oxygens (including phenoxy) is 2. The van der Waals surface area contributed by atoms with Gasteiger partial charge >= 0.3 is 12.1 Å². The van der Waals surface area contributed by atoms with Crippen molar-refractivity contribution in [3.63, 3.8) is 0 Å². The van der Waals surface area contributed by atoms with Gasteiger partial charge in [-0.15, -0.1) is 0 Å². The van der Waals surface area contributed by atoms with Crippen molar-refractivity contribution in [1.29, 1.82) is 0 Å². The molecule has 1 atom stereocenters. The van der Waals surface area contributed by atoms with Crippen LogP contribution in [0.3, 0.4) is 0 Å². The molecule has 0 bridgehead atoms. The highest BCUT2D eigenvalue weighted by Gasteiger charge is 2.35. The smallest absolute Gasteiger partial charge is 0.418 e. The Hall–Kier alpha value is -1.95. The molecular weight excluding hydrogens is 272 g/mol. The number of imide groups is 1. The van der Waals surface area contributed by atoms with Gasteiger partial charge < -0.3 is 14.8 Å². The largest absolute Gasteiger partial charge is 0.490 e. The van der Waals surface area contributed by atoms with Crippen LogP contribution >= 0.6 is 11.6 Å². The molecular formula is C12H13ClN2O4. The van der Waals surface area contributed by atoms with Crippen molar-refractivity contribution in [2.24, 2.45) is 0 Å². The summed E-state index contributed by atoms with van der Waals surface area (Å²) in [5.41, 5.74) is 0. The highest BCUT2D eigenvalue weighted by molar-refractivity contribution is 6.30. The number of carbonyl (C=O) groups excluding carboxylic acids is 2. The van der Waals surface area contributed by atoms with E-state index in [1.807, 2.05) is 0 Å². The van der Waals surface area contributed by atoms with Gasteiger partial charge in [0.25, 0.3) is 0 Å². The average Bonchev–Trinajstić information content (AvgIpc) is 2.78. The predicted molar refractivity (Wildman–Crippen MR) is 68.4 cm³/mol. The van der Waals surface area contributed by atoms with Crippen LogP contribution in [0.25, 0.3) is 0 Å². The van der Waals surface area contributed by atoms with Crippen molar-refractivity contribution < 1.29 is 19.1 Å². The molecule has 0 radical (unpaired) electrons. The second-order valence-electron chi connectivity index (χ2n) is 3.94. The lowest BCUT2D eigenvalue weighted by Crippen LogP contribution is -2.39. The third-order valence-corrected chi connectivity index (χ3v) is 2.83. The lowest BCUT2D eigenvalue weighted by molar-refractivity contribution is 0.103. The standard InChI is InChI=1S/C12H13ClN2O4/c1-14-11(16)15-6-10(19-12(15)17)7-18-9-4-2-8(13)3-5-9/h2-5,10H,6-7H2,1H3,(H,14,16). The third-order valence-electron chi connectivity index (χ3n) is 2.58. The Morgan fingerprint density at radius 1 is 1.53 bits per heavy atom. The summed E-state index contributed by atoms with van der Waals surface area (Å²) in [6, 6.07) is 6.35. The Morgan fingerprint density at radius 2 is 2.21 bits per heavy atom. The summed E-state index contributed by atoms with van der Waals surface area (Å²) < 4.78 is 10.5. The van der Waals surface area contributed by atoms with Crippen LogP contribution in [0.15, 0.2) is 24.3 Å². The van der Waals surface area contributed by atoms with Crippen LogP contribution in [-0.4, -0.2) is 43.3 Å². The Labute approximate surface area is 115 Å². The molecule has 0 spiro atoms. The summed E-state index contributed by atoms with van der Waals surface area (Å²) in [6.07, 6.45) is -1.13. The van der Waals surface area contributed by atoms with Crippen LogP contribution in [0.4, 0.5) is 9.59 Å². The van der Waals surface area contributed by atoms with E-state index >= 15 is 0 Å². The number of hydrogen-bond acceptors (Lipinski definition) is 4. The van der Waals surface area contributed by atoms with Crippen molar-refractivity contribution in [3.8, 4) is 5.75 Å². The molecule has 102 valence electrons. The van der Waals surface area contributed by atoms with E-state index in [1.54, 1.807) is 24.3 Å². The Balaban J connectivity index is 1.86. The summed E-state index contributed by atoms with van der Waals surface area (Å²) in [5, 5.41) is 2.98. The van der Waals surface area contributed by atoms with Crippen LogP contribution in [-0.2, 0) is 4.74 Å². The molecule has 7 heteroatoms. The van der Waals surface area contributed by atoms with Crippen LogP contribution in [0, 0.1) is 0 Å². The summed E-state index contributed by atoms with van der Waals surface area (Å²) in [5.74, 6) is 0.624.